The Morgan fingerprint density at radius 2 is 1.95 bits per heavy atom. The predicted octanol–water partition coefficient (Wildman–Crippen LogP) is 1.97. The highest BCUT2D eigenvalue weighted by molar-refractivity contribution is 5.85. The molecule has 5 heteroatoms. The molecule has 0 aliphatic carbocycles. The molecule has 2 heterocycles. The Balaban J connectivity index is 0.00000180. The number of ether oxygens (including phenoxy) is 1. The van der Waals surface area contributed by atoms with Crippen molar-refractivity contribution in [2.45, 2.75) is 63.7 Å². The van der Waals surface area contributed by atoms with Crippen molar-refractivity contribution in [1.29, 1.82) is 0 Å². The minimum atomic E-state index is 0. The zero-order chi connectivity index (χ0) is 13.0. The van der Waals surface area contributed by atoms with E-state index in [4.69, 9.17) is 4.74 Å². The highest BCUT2D eigenvalue weighted by Gasteiger charge is 2.25. The molecular formula is C14H27ClN2O2. The van der Waals surface area contributed by atoms with Gasteiger partial charge in [-0.2, -0.15) is 0 Å². The van der Waals surface area contributed by atoms with Gasteiger partial charge in [0.15, 0.2) is 0 Å². The van der Waals surface area contributed by atoms with Crippen molar-refractivity contribution in [2.75, 3.05) is 20.1 Å². The molecule has 0 aromatic heterocycles. The molecular weight excluding hydrogens is 264 g/mol. The van der Waals surface area contributed by atoms with Crippen molar-refractivity contribution in [3.05, 3.63) is 0 Å². The van der Waals surface area contributed by atoms with Crippen LogP contribution in [0.3, 0.4) is 0 Å². The van der Waals surface area contributed by atoms with Gasteiger partial charge in [0.25, 0.3) is 0 Å². The lowest BCUT2D eigenvalue weighted by Crippen LogP contribution is -2.44. The molecule has 19 heavy (non-hydrogen) atoms. The van der Waals surface area contributed by atoms with Crippen molar-refractivity contribution in [1.82, 2.24) is 10.2 Å². The summed E-state index contributed by atoms with van der Waals surface area (Å²) in [5, 5.41) is 3.33. The molecule has 0 bridgehead atoms. The van der Waals surface area contributed by atoms with Crippen molar-refractivity contribution in [2.24, 2.45) is 0 Å². The molecule has 0 aromatic rings. The summed E-state index contributed by atoms with van der Waals surface area (Å²) in [6.07, 6.45) is 6.64. The molecule has 1 N–H and O–H groups in total. The van der Waals surface area contributed by atoms with E-state index in [2.05, 4.69) is 12.2 Å². The van der Waals surface area contributed by atoms with Crippen LogP contribution in [0.1, 0.15) is 45.4 Å². The SMILES string of the molecule is CC1CCC(CCC(=O)N(C)C2CCNCC2)O1.Cl. The summed E-state index contributed by atoms with van der Waals surface area (Å²) < 4.78 is 5.76. The molecule has 2 aliphatic heterocycles. The second-order valence-corrected chi connectivity index (χ2v) is 5.67. The number of piperidine rings is 1. The molecule has 2 saturated heterocycles. The van der Waals surface area contributed by atoms with E-state index in [0.717, 1.165) is 45.2 Å². The Bertz CT molecular complexity index is 283. The average Bonchev–Trinajstić information content (AvgIpc) is 2.82. The maximum absolute atomic E-state index is 12.1. The molecule has 0 saturated carbocycles. The van der Waals surface area contributed by atoms with Gasteiger partial charge in [0, 0.05) is 19.5 Å². The van der Waals surface area contributed by atoms with Crippen molar-refractivity contribution >= 4 is 18.3 Å². The molecule has 1 amide bonds. The largest absolute Gasteiger partial charge is 0.375 e. The lowest BCUT2D eigenvalue weighted by atomic mass is 10.0. The van der Waals surface area contributed by atoms with Gasteiger partial charge in [0.2, 0.25) is 5.91 Å². The maximum Gasteiger partial charge on any atom is 0.222 e. The predicted molar refractivity (Wildman–Crippen MR) is 78.7 cm³/mol. The Morgan fingerprint density at radius 3 is 2.53 bits per heavy atom. The first-order chi connectivity index (χ1) is 8.66. The standard InChI is InChI=1S/C14H26N2O2.ClH/c1-11-3-4-13(18-11)5-6-14(17)16(2)12-7-9-15-10-8-12;/h11-13,15H,3-10H2,1-2H3;1H. The molecule has 2 fully saturated rings. The first-order valence-corrected chi connectivity index (χ1v) is 7.28. The molecule has 4 nitrogen and oxygen atoms in total. The summed E-state index contributed by atoms with van der Waals surface area (Å²) in [5.41, 5.74) is 0. The fourth-order valence-corrected chi connectivity index (χ4v) is 2.96. The summed E-state index contributed by atoms with van der Waals surface area (Å²) in [6, 6.07) is 0.433. The number of hydrogen-bond acceptors (Lipinski definition) is 3. The van der Waals surface area contributed by atoms with Gasteiger partial charge in [0.1, 0.15) is 0 Å². The van der Waals surface area contributed by atoms with Crippen LogP contribution in [0.2, 0.25) is 0 Å². The van der Waals surface area contributed by atoms with E-state index in [1.165, 1.54) is 0 Å². The van der Waals surface area contributed by atoms with E-state index in [9.17, 15) is 4.79 Å². The normalized spacial score (nSPS) is 27.9. The van der Waals surface area contributed by atoms with Crippen LogP contribution in [0.4, 0.5) is 0 Å². The van der Waals surface area contributed by atoms with Crippen LogP contribution in [-0.4, -0.2) is 49.2 Å². The third-order valence-electron chi connectivity index (χ3n) is 4.25. The van der Waals surface area contributed by atoms with Crippen molar-refractivity contribution in [3.63, 3.8) is 0 Å². The Hall–Kier alpha value is -0.320. The third-order valence-corrected chi connectivity index (χ3v) is 4.25. The van der Waals surface area contributed by atoms with E-state index < -0.39 is 0 Å². The number of halogens is 1. The first kappa shape index (κ1) is 16.7. The van der Waals surface area contributed by atoms with Gasteiger partial charge in [-0.05, 0) is 52.1 Å². The van der Waals surface area contributed by atoms with E-state index in [0.29, 0.717) is 24.7 Å². The Labute approximate surface area is 122 Å². The number of rotatable bonds is 4. The number of amides is 1. The van der Waals surface area contributed by atoms with Crippen molar-refractivity contribution < 1.29 is 9.53 Å². The summed E-state index contributed by atoms with van der Waals surface area (Å²) in [7, 11) is 1.95. The number of nitrogens with one attached hydrogen (secondary N) is 1. The van der Waals surface area contributed by atoms with Crippen LogP contribution in [0, 0.1) is 0 Å². The number of hydrogen-bond donors (Lipinski definition) is 1. The molecule has 2 rings (SSSR count). The molecule has 0 spiro atoms. The summed E-state index contributed by atoms with van der Waals surface area (Å²) in [6.45, 7) is 4.18. The minimum Gasteiger partial charge on any atom is -0.375 e. The third kappa shape index (κ3) is 4.93. The fourth-order valence-electron chi connectivity index (χ4n) is 2.96. The monoisotopic (exact) mass is 290 g/mol. The van der Waals surface area contributed by atoms with Gasteiger partial charge < -0.3 is 15.0 Å². The van der Waals surface area contributed by atoms with Crippen LogP contribution < -0.4 is 5.32 Å². The van der Waals surface area contributed by atoms with Crippen LogP contribution >= 0.6 is 12.4 Å². The number of carbonyl (C=O) groups is 1. The quantitative estimate of drug-likeness (QED) is 0.861. The summed E-state index contributed by atoms with van der Waals surface area (Å²) in [5.74, 6) is 0.282. The van der Waals surface area contributed by atoms with Crippen molar-refractivity contribution in [3.8, 4) is 0 Å². The van der Waals surface area contributed by atoms with E-state index in [1.54, 1.807) is 0 Å². The van der Waals surface area contributed by atoms with E-state index >= 15 is 0 Å². The topological polar surface area (TPSA) is 41.6 Å². The van der Waals surface area contributed by atoms with Gasteiger partial charge in [-0.15, -0.1) is 12.4 Å². The highest BCUT2D eigenvalue weighted by atomic mass is 35.5. The Morgan fingerprint density at radius 1 is 1.26 bits per heavy atom. The zero-order valence-corrected chi connectivity index (χ0v) is 12.9. The number of carbonyl (C=O) groups excluding carboxylic acids is 1. The molecule has 112 valence electrons. The smallest absolute Gasteiger partial charge is 0.222 e. The second-order valence-electron chi connectivity index (χ2n) is 5.67. The average molecular weight is 291 g/mol. The maximum atomic E-state index is 12.1. The molecule has 2 atom stereocenters. The second kappa shape index (κ2) is 8.08. The van der Waals surface area contributed by atoms with Gasteiger partial charge >= 0.3 is 0 Å². The lowest BCUT2D eigenvalue weighted by Gasteiger charge is -2.32. The van der Waals surface area contributed by atoms with Crippen LogP contribution in [0.5, 0.6) is 0 Å². The highest BCUT2D eigenvalue weighted by Crippen LogP contribution is 2.23. The lowest BCUT2D eigenvalue weighted by molar-refractivity contribution is -0.133. The molecule has 0 radical (unpaired) electrons. The first-order valence-electron chi connectivity index (χ1n) is 7.28. The molecule has 2 aliphatic rings. The van der Waals surface area contributed by atoms with Crippen LogP contribution in [0.15, 0.2) is 0 Å². The van der Waals surface area contributed by atoms with Crippen LogP contribution in [0.25, 0.3) is 0 Å². The van der Waals surface area contributed by atoms with Gasteiger partial charge in [0.05, 0.1) is 12.2 Å². The number of nitrogens with zero attached hydrogens (tertiary/aromatic N) is 1. The molecule has 2 unspecified atom stereocenters. The van der Waals surface area contributed by atoms with Crippen LogP contribution in [-0.2, 0) is 9.53 Å². The summed E-state index contributed by atoms with van der Waals surface area (Å²) >= 11 is 0. The zero-order valence-electron chi connectivity index (χ0n) is 12.1. The fraction of sp³-hybridized carbons (Fsp3) is 0.929. The van der Waals surface area contributed by atoms with E-state index in [1.807, 2.05) is 11.9 Å². The van der Waals surface area contributed by atoms with E-state index in [-0.39, 0.29) is 18.3 Å². The summed E-state index contributed by atoms with van der Waals surface area (Å²) in [4.78, 5) is 14.1. The van der Waals surface area contributed by atoms with Gasteiger partial charge in [-0.25, -0.2) is 0 Å². The Kier molecular flexibility index (Phi) is 7.11. The minimum absolute atomic E-state index is 0. The van der Waals surface area contributed by atoms with Gasteiger partial charge in [-0.1, -0.05) is 0 Å². The van der Waals surface area contributed by atoms with Gasteiger partial charge in [-0.3, -0.25) is 4.79 Å². The molecule has 0 aromatic carbocycles.